The van der Waals surface area contributed by atoms with Gasteiger partial charge >= 0.3 is 0 Å². The minimum Gasteiger partial charge on any atom is -0.382 e. The summed E-state index contributed by atoms with van der Waals surface area (Å²) >= 11 is 6.10. The maximum Gasteiger partial charge on any atom is 0.141 e. The van der Waals surface area contributed by atoms with Gasteiger partial charge in [0.1, 0.15) is 22.7 Å². The van der Waals surface area contributed by atoms with Gasteiger partial charge in [0, 0.05) is 24.0 Å². The van der Waals surface area contributed by atoms with E-state index in [9.17, 15) is 13.9 Å². The third kappa shape index (κ3) is 2.23. The highest BCUT2D eigenvalue weighted by Crippen LogP contribution is 2.37. The van der Waals surface area contributed by atoms with Gasteiger partial charge in [-0.05, 0) is 13.0 Å². The van der Waals surface area contributed by atoms with Crippen LogP contribution in [-0.4, -0.2) is 14.7 Å². The lowest BCUT2D eigenvalue weighted by Gasteiger charge is -2.30. The molecule has 2 aromatic rings. The summed E-state index contributed by atoms with van der Waals surface area (Å²) in [6.45, 7) is 1.36. The Morgan fingerprint density at radius 2 is 2.17 bits per heavy atom. The van der Waals surface area contributed by atoms with Crippen LogP contribution in [0.1, 0.15) is 18.0 Å². The highest BCUT2D eigenvalue weighted by Gasteiger charge is 2.36. The lowest BCUT2D eigenvalue weighted by atomic mass is 9.95. The number of hydrogen-bond donors (Lipinski definition) is 1. The molecule has 1 aromatic carbocycles. The molecule has 0 fully saturated rings. The van der Waals surface area contributed by atoms with Crippen molar-refractivity contribution >= 4 is 11.6 Å². The number of benzene rings is 1. The van der Waals surface area contributed by atoms with Crippen molar-refractivity contribution in [3.05, 3.63) is 54.1 Å². The predicted octanol–water partition coefficient (Wildman–Crippen LogP) is 2.81. The van der Waals surface area contributed by atoms with Crippen LogP contribution >= 0.6 is 11.6 Å². The quantitative estimate of drug-likeness (QED) is 0.873. The Hall–Kier alpha value is -1.46. The van der Waals surface area contributed by atoms with Crippen molar-refractivity contribution in [3.8, 4) is 0 Å². The summed E-state index contributed by atoms with van der Waals surface area (Å²) in [5.74, 6) is -1.55. The third-order valence-corrected chi connectivity index (χ3v) is 3.38. The summed E-state index contributed by atoms with van der Waals surface area (Å²) in [6, 6.07) is 2.96. The molecular weight excluding hydrogens is 262 g/mol. The van der Waals surface area contributed by atoms with Crippen LogP contribution in [0.2, 0.25) is 0 Å². The fraction of sp³-hybridized carbons (Fsp3) is 0.250. The van der Waals surface area contributed by atoms with Crippen LogP contribution < -0.4 is 0 Å². The highest BCUT2D eigenvalue weighted by atomic mass is 35.5. The maximum atomic E-state index is 13.7. The van der Waals surface area contributed by atoms with Gasteiger partial charge in [-0.1, -0.05) is 17.7 Å². The van der Waals surface area contributed by atoms with Crippen LogP contribution in [0.3, 0.4) is 0 Å². The molecule has 96 valence electrons. The SMILES string of the molecule is CC(O)(c1ccc(F)cc1F)C(Cl)n1ccnc1. The minimum absolute atomic E-state index is 0.0717. The van der Waals surface area contributed by atoms with Crippen LogP contribution in [0.25, 0.3) is 0 Å². The first-order chi connectivity index (χ1) is 8.43. The van der Waals surface area contributed by atoms with E-state index in [0.717, 1.165) is 6.07 Å². The molecule has 18 heavy (non-hydrogen) atoms. The fourth-order valence-electron chi connectivity index (χ4n) is 1.72. The second-order valence-electron chi connectivity index (χ2n) is 4.12. The Labute approximate surface area is 108 Å². The van der Waals surface area contributed by atoms with Crippen molar-refractivity contribution in [2.24, 2.45) is 0 Å². The first-order valence-electron chi connectivity index (χ1n) is 5.22. The zero-order chi connectivity index (χ0) is 13.3. The van der Waals surface area contributed by atoms with Crippen molar-refractivity contribution in [2.75, 3.05) is 0 Å². The van der Waals surface area contributed by atoms with E-state index in [1.165, 1.54) is 30.1 Å². The van der Waals surface area contributed by atoms with E-state index in [1.54, 1.807) is 6.20 Å². The zero-order valence-corrected chi connectivity index (χ0v) is 10.3. The van der Waals surface area contributed by atoms with Gasteiger partial charge in [0.25, 0.3) is 0 Å². The number of halogens is 3. The number of nitrogens with zero attached hydrogens (tertiary/aromatic N) is 2. The molecule has 0 saturated heterocycles. The van der Waals surface area contributed by atoms with E-state index in [0.29, 0.717) is 6.07 Å². The van der Waals surface area contributed by atoms with Crippen molar-refractivity contribution in [1.82, 2.24) is 9.55 Å². The molecule has 0 aliphatic carbocycles. The Balaban J connectivity index is 2.41. The molecule has 2 unspecified atom stereocenters. The van der Waals surface area contributed by atoms with E-state index in [2.05, 4.69) is 4.98 Å². The Morgan fingerprint density at radius 1 is 1.44 bits per heavy atom. The molecule has 0 bridgehead atoms. The zero-order valence-electron chi connectivity index (χ0n) is 9.52. The number of aromatic nitrogens is 2. The summed E-state index contributed by atoms with van der Waals surface area (Å²) < 4.78 is 27.9. The molecule has 1 aromatic heterocycles. The topological polar surface area (TPSA) is 38.0 Å². The van der Waals surface area contributed by atoms with Gasteiger partial charge < -0.3 is 9.67 Å². The standard InChI is InChI=1S/C12H11ClF2N2O/c1-12(18,11(13)17-5-4-16-7-17)9-3-2-8(14)6-10(9)15/h2-7,11,18H,1H3. The molecule has 2 rings (SSSR count). The number of aliphatic hydroxyl groups is 1. The Kier molecular flexibility index (Phi) is 3.36. The van der Waals surface area contributed by atoms with Crippen molar-refractivity contribution in [3.63, 3.8) is 0 Å². The monoisotopic (exact) mass is 272 g/mol. The van der Waals surface area contributed by atoms with Crippen LogP contribution in [0.15, 0.2) is 36.9 Å². The predicted molar refractivity (Wildman–Crippen MR) is 63.0 cm³/mol. The second-order valence-corrected chi connectivity index (χ2v) is 4.53. The van der Waals surface area contributed by atoms with Crippen LogP contribution in [0.5, 0.6) is 0 Å². The molecule has 0 spiro atoms. The molecule has 0 saturated carbocycles. The molecule has 6 heteroatoms. The summed E-state index contributed by atoms with van der Waals surface area (Å²) in [4.78, 5) is 3.80. The molecule has 0 aliphatic heterocycles. The van der Waals surface area contributed by atoms with E-state index in [-0.39, 0.29) is 5.56 Å². The minimum atomic E-state index is -1.69. The summed E-state index contributed by atoms with van der Waals surface area (Å²) in [7, 11) is 0. The van der Waals surface area contributed by atoms with E-state index < -0.39 is 22.7 Å². The molecular formula is C12H11ClF2N2O. The lowest BCUT2D eigenvalue weighted by molar-refractivity contribution is 0.0277. The third-order valence-electron chi connectivity index (χ3n) is 2.73. The number of rotatable bonds is 3. The molecule has 1 N–H and O–H groups in total. The van der Waals surface area contributed by atoms with Crippen molar-refractivity contribution in [1.29, 1.82) is 0 Å². The first-order valence-corrected chi connectivity index (χ1v) is 5.66. The molecule has 3 nitrogen and oxygen atoms in total. The maximum absolute atomic E-state index is 13.7. The largest absolute Gasteiger partial charge is 0.382 e. The van der Waals surface area contributed by atoms with Crippen molar-refractivity contribution in [2.45, 2.75) is 18.0 Å². The van der Waals surface area contributed by atoms with Crippen LogP contribution in [0.4, 0.5) is 8.78 Å². The smallest absolute Gasteiger partial charge is 0.141 e. The average Bonchev–Trinajstić information content (AvgIpc) is 2.80. The van der Waals surface area contributed by atoms with E-state index >= 15 is 0 Å². The highest BCUT2D eigenvalue weighted by molar-refractivity contribution is 6.19. The van der Waals surface area contributed by atoms with E-state index in [1.807, 2.05) is 0 Å². The Bertz CT molecular complexity index is 543. The summed E-state index contributed by atoms with van der Waals surface area (Å²) in [6.07, 6.45) is 4.45. The lowest BCUT2D eigenvalue weighted by Crippen LogP contribution is -2.31. The van der Waals surface area contributed by atoms with Crippen LogP contribution in [0, 0.1) is 11.6 Å². The van der Waals surface area contributed by atoms with Gasteiger partial charge in [0.15, 0.2) is 0 Å². The van der Waals surface area contributed by atoms with Gasteiger partial charge in [-0.15, -0.1) is 0 Å². The van der Waals surface area contributed by atoms with E-state index in [4.69, 9.17) is 11.6 Å². The fourth-order valence-corrected chi connectivity index (χ4v) is 1.96. The van der Waals surface area contributed by atoms with Crippen molar-refractivity contribution < 1.29 is 13.9 Å². The number of imidazole rings is 1. The van der Waals surface area contributed by atoms with Gasteiger partial charge in [-0.3, -0.25) is 0 Å². The molecule has 1 heterocycles. The first kappa shape index (κ1) is 13.0. The van der Waals surface area contributed by atoms with Crippen LogP contribution in [-0.2, 0) is 5.60 Å². The number of alkyl halides is 1. The number of hydrogen-bond acceptors (Lipinski definition) is 2. The van der Waals surface area contributed by atoms with Gasteiger partial charge in [-0.2, -0.15) is 0 Å². The molecule has 2 atom stereocenters. The summed E-state index contributed by atoms with van der Waals surface area (Å²) in [5.41, 5.74) is -2.72. The molecule has 0 amide bonds. The average molecular weight is 273 g/mol. The Morgan fingerprint density at radius 3 is 2.72 bits per heavy atom. The summed E-state index contributed by atoms with van der Waals surface area (Å²) in [5, 5.41) is 10.4. The van der Waals surface area contributed by atoms with Gasteiger partial charge in [0.05, 0.1) is 6.33 Å². The van der Waals surface area contributed by atoms with Gasteiger partial charge in [-0.25, -0.2) is 13.8 Å². The van der Waals surface area contributed by atoms with Gasteiger partial charge in [0.2, 0.25) is 0 Å². The second kappa shape index (κ2) is 4.66. The molecule has 0 aliphatic rings. The normalized spacial score (nSPS) is 16.3. The molecule has 0 radical (unpaired) electrons.